The molecule has 0 N–H and O–H groups in total. The second kappa shape index (κ2) is 14.6. The van der Waals surface area contributed by atoms with Crippen LogP contribution < -0.4 is 4.90 Å². The molecule has 208 valence electrons. The van der Waals surface area contributed by atoms with Crippen LogP contribution in [0, 0.1) is 0 Å². The molecule has 1 heterocycles. The van der Waals surface area contributed by atoms with Crippen LogP contribution in [-0.4, -0.2) is 56.6 Å². The Morgan fingerprint density at radius 1 is 0.700 bits per heavy atom. The lowest BCUT2D eigenvalue weighted by molar-refractivity contribution is 0.103. The van der Waals surface area contributed by atoms with Gasteiger partial charge in [-0.2, -0.15) is 0 Å². The van der Waals surface area contributed by atoms with E-state index in [-0.39, 0.29) is 11.3 Å². The molecule has 0 bridgehead atoms. The first kappa shape index (κ1) is 29.3. The van der Waals surface area contributed by atoms with Crippen LogP contribution >= 0.6 is 0 Å². The predicted molar refractivity (Wildman–Crippen MR) is 166 cm³/mol. The van der Waals surface area contributed by atoms with Crippen molar-refractivity contribution in [3.63, 3.8) is 0 Å². The summed E-state index contributed by atoms with van der Waals surface area (Å²) < 4.78 is 5.46. The molecular formula is C36H42N2O2. The molecule has 4 heteroatoms. The zero-order chi connectivity index (χ0) is 28.2. The van der Waals surface area contributed by atoms with Crippen molar-refractivity contribution in [2.75, 3.05) is 45.3 Å². The Morgan fingerprint density at radius 3 is 1.60 bits per heavy atom. The molecule has 1 aliphatic heterocycles. The van der Waals surface area contributed by atoms with Crippen LogP contribution in [0.15, 0.2) is 115 Å². The molecule has 0 spiro atoms. The maximum Gasteiger partial charge on any atom is 0.193 e. The summed E-state index contributed by atoms with van der Waals surface area (Å²) in [6, 6.07) is 38.6. The molecule has 1 saturated heterocycles. The molecule has 1 fully saturated rings. The minimum atomic E-state index is 0.0752. The summed E-state index contributed by atoms with van der Waals surface area (Å²) in [6.07, 6.45) is 3.26. The number of likely N-dealkylation sites (N-methyl/N-ethyl adjacent to an activating group) is 1. The Hall–Kier alpha value is -3.73. The number of hydrogen-bond acceptors (Lipinski definition) is 4. The third-order valence-electron chi connectivity index (χ3n) is 7.90. The van der Waals surface area contributed by atoms with Crippen molar-refractivity contribution in [3.05, 3.63) is 138 Å². The van der Waals surface area contributed by atoms with Gasteiger partial charge in [0.05, 0.1) is 13.2 Å². The van der Waals surface area contributed by atoms with Gasteiger partial charge in [0.15, 0.2) is 5.78 Å². The Morgan fingerprint density at radius 2 is 1.15 bits per heavy atom. The maximum absolute atomic E-state index is 11.8. The molecule has 40 heavy (non-hydrogen) atoms. The van der Waals surface area contributed by atoms with E-state index in [2.05, 4.69) is 85.4 Å². The average molecular weight is 535 g/mol. The van der Waals surface area contributed by atoms with Gasteiger partial charge in [-0.05, 0) is 56.6 Å². The molecule has 4 nitrogen and oxygen atoms in total. The van der Waals surface area contributed by atoms with E-state index in [1.165, 1.54) is 16.8 Å². The smallest absolute Gasteiger partial charge is 0.193 e. The van der Waals surface area contributed by atoms with Crippen LogP contribution in [0.3, 0.4) is 0 Å². The SMILES string of the molecule is CCC(Cc1ccccc1)(Cc1ccc(N2CCOCC2)cc1)N(C)C.O=C(c1ccccc1)c1ccccc1. The largest absolute Gasteiger partial charge is 0.378 e. The summed E-state index contributed by atoms with van der Waals surface area (Å²) in [5.74, 6) is 0.0752. The fourth-order valence-electron chi connectivity index (χ4n) is 5.29. The van der Waals surface area contributed by atoms with Crippen molar-refractivity contribution in [1.29, 1.82) is 0 Å². The number of nitrogens with zero attached hydrogens (tertiary/aromatic N) is 2. The van der Waals surface area contributed by atoms with Crippen molar-refractivity contribution in [2.45, 2.75) is 31.7 Å². The number of benzene rings is 4. The fraction of sp³-hybridized carbons (Fsp3) is 0.306. The zero-order valence-corrected chi connectivity index (χ0v) is 24.1. The van der Waals surface area contributed by atoms with Crippen LogP contribution in [0.5, 0.6) is 0 Å². The lowest BCUT2D eigenvalue weighted by Gasteiger charge is -2.40. The van der Waals surface area contributed by atoms with Crippen LogP contribution in [0.1, 0.15) is 40.4 Å². The Bertz CT molecular complexity index is 1240. The third kappa shape index (κ3) is 7.91. The molecule has 4 aromatic rings. The summed E-state index contributed by atoms with van der Waals surface area (Å²) in [4.78, 5) is 16.7. The second-order valence-corrected chi connectivity index (χ2v) is 10.6. The topological polar surface area (TPSA) is 32.8 Å². The van der Waals surface area contributed by atoms with Gasteiger partial charge in [0.2, 0.25) is 0 Å². The monoisotopic (exact) mass is 534 g/mol. The van der Waals surface area contributed by atoms with E-state index in [9.17, 15) is 4.79 Å². The summed E-state index contributed by atoms with van der Waals surface area (Å²) in [7, 11) is 4.43. The van der Waals surface area contributed by atoms with Gasteiger partial charge in [0.1, 0.15) is 0 Å². The zero-order valence-electron chi connectivity index (χ0n) is 24.1. The number of ketones is 1. The molecular weight excluding hydrogens is 492 g/mol. The molecule has 0 aliphatic carbocycles. The first-order valence-electron chi connectivity index (χ1n) is 14.3. The van der Waals surface area contributed by atoms with Crippen LogP contribution in [0.25, 0.3) is 0 Å². The molecule has 0 aromatic heterocycles. The van der Waals surface area contributed by atoms with E-state index in [0.717, 1.165) is 56.7 Å². The average Bonchev–Trinajstić information content (AvgIpc) is 3.02. The number of carbonyl (C=O) groups excluding carboxylic acids is 1. The van der Waals surface area contributed by atoms with Gasteiger partial charge in [-0.1, -0.05) is 110 Å². The highest BCUT2D eigenvalue weighted by Crippen LogP contribution is 2.28. The molecule has 5 rings (SSSR count). The fourth-order valence-corrected chi connectivity index (χ4v) is 5.29. The maximum atomic E-state index is 11.8. The van der Waals surface area contributed by atoms with Crippen molar-refractivity contribution in [3.8, 4) is 0 Å². The molecule has 0 saturated carbocycles. The van der Waals surface area contributed by atoms with Gasteiger partial charge in [0.25, 0.3) is 0 Å². The van der Waals surface area contributed by atoms with E-state index < -0.39 is 0 Å². The van der Waals surface area contributed by atoms with Gasteiger partial charge in [0, 0.05) is 35.4 Å². The first-order chi connectivity index (χ1) is 19.5. The number of hydrogen-bond donors (Lipinski definition) is 0. The Balaban J connectivity index is 0.000000222. The van der Waals surface area contributed by atoms with Crippen molar-refractivity contribution >= 4 is 11.5 Å². The van der Waals surface area contributed by atoms with E-state index in [1.54, 1.807) is 0 Å². The highest BCUT2D eigenvalue weighted by atomic mass is 16.5. The Labute approximate surface area is 240 Å². The lowest BCUT2D eigenvalue weighted by Crippen LogP contribution is -2.47. The van der Waals surface area contributed by atoms with Crippen LogP contribution in [-0.2, 0) is 17.6 Å². The predicted octanol–water partition coefficient (Wildman–Crippen LogP) is 6.94. The minimum absolute atomic E-state index is 0.0752. The first-order valence-corrected chi connectivity index (χ1v) is 14.3. The van der Waals surface area contributed by atoms with Gasteiger partial charge in [-0.25, -0.2) is 0 Å². The van der Waals surface area contributed by atoms with Gasteiger partial charge in [-0.15, -0.1) is 0 Å². The van der Waals surface area contributed by atoms with E-state index in [4.69, 9.17) is 4.74 Å². The normalized spacial score (nSPS) is 14.7. The summed E-state index contributed by atoms with van der Waals surface area (Å²) >= 11 is 0. The quantitative estimate of drug-likeness (QED) is 0.218. The number of carbonyl (C=O) groups is 1. The molecule has 0 radical (unpaired) electrons. The lowest BCUT2D eigenvalue weighted by atomic mass is 9.81. The van der Waals surface area contributed by atoms with Crippen molar-refractivity contribution in [2.24, 2.45) is 0 Å². The standard InChI is InChI=1S/C23H32N2O.C13H10O/c1-4-23(24(2)3,18-20-8-6-5-7-9-20)19-21-10-12-22(13-11-21)25-14-16-26-17-15-25;14-13(11-7-3-1-4-8-11)12-9-5-2-6-10-12/h5-13H,4,14-19H2,1-3H3;1-10H. The Kier molecular flexibility index (Phi) is 10.7. The van der Waals surface area contributed by atoms with Crippen molar-refractivity contribution < 1.29 is 9.53 Å². The molecule has 1 atom stereocenters. The highest BCUT2D eigenvalue weighted by Gasteiger charge is 2.31. The van der Waals surface area contributed by atoms with E-state index in [1.807, 2.05) is 60.7 Å². The summed E-state index contributed by atoms with van der Waals surface area (Å²) in [5.41, 5.74) is 5.74. The van der Waals surface area contributed by atoms with E-state index in [0.29, 0.717) is 0 Å². The molecule has 1 unspecified atom stereocenters. The highest BCUT2D eigenvalue weighted by molar-refractivity contribution is 6.08. The summed E-state index contributed by atoms with van der Waals surface area (Å²) in [6.45, 7) is 5.95. The minimum Gasteiger partial charge on any atom is -0.378 e. The van der Waals surface area contributed by atoms with Crippen molar-refractivity contribution in [1.82, 2.24) is 4.90 Å². The van der Waals surface area contributed by atoms with Gasteiger partial charge in [-0.3, -0.25) is 4.79 Å². The number of rotatable bonds is 9. The number of anilines is 1. The molecule has 4 aromatic carbocycles. The number of ether oxygens (including phenoxy) is 1. The van der Waals surface area contributed by atoms with E-state index >= 15 is 0 Å². The third-order valence-corrected chi connectivity index (χ3v) is 7.90. The van der Waals surface area contributed by atoms with Crippen LogP contribution in [0.2, 0.25) is 0 Å². The molecule has 0 amide bonds. The van der Waals surface area contributed by atoms with Gasteiger partial charge < -0.3 is 14.5 Å². The summed E-state index contributed by atoms with van der Waals surface area (Å²) in [5, 5.41) is 0. The molecule has 1 aliphatic rings. The van der Waals surface area contributed by atoms with Gasteiger partial charge >= 0.3 is 0 Å². The number of morpholine rings is 1. The van der Waals surface area contributed by atoms with Crippen LogP contribution in [0.4, 0.5) is 5.69 Å². The second-order valence-electron chi connectivity index (χ2n) is 10.6.